The van der Waals surface area contributed by atoms with Gasteiger partial charge in [-0.3, -0.25) is 10.2 Å². The molecule has 0 aliphatic heterocycles. The van der Waals surface area contributed by atoms with Crippen LogP contribution in [0, 0.1) is 0 Å². The third-order valence-corrected chi connectivity index (χ3v) is 5.03. The zero-order valence-corrected chi connectivity index (χ0v) is 19.6. The number of hydrogen-bond donors (Lipinski definition) is 2. The normalized spacial score (nSPS) is 11.0. The lowest BCUT2D eigenvalue weighted by Gasteiger charge is -2.23. The van der Waals surface area contributed by atoms with Crippen molar-refractivity contribution in [3.63, 3.8) is 0 Å². The SMILES string of the molecule is CC(C)Oc1ccc(C(=O)NN(CCO)Cc2ccc(OCc3ccccc3)cc2)cc1Cl. The minimum absolute atomic E-state index is 0.0163. The molecule has 0 aliphatic rings. The van der Waals surface area contributed by atoms with Gasteiger partial charge in [0.05, 0.1) is 17.7 Å². The average molecular weight is 469 g/mol. The summed E-state index contributed by atoms with van der Waals surface area (Å²) in [6.45, 7) is 4.92. The van der Waals surface area contributed by atoms with Crippen LogP contribution in [0.1, 0.15) is 35.3 Å². The maximum absolute atomic E-state index is 12.7. The molecule has 0 saturated carbocycles. The van der Waals surface area contributed by atoms with Crippen molar-refractivity contribution in [2.75, 3.05) is 13.2 Å². The Kier molecular flexibility index (Phi) is 9.13. The number of rotatable bonds is 11. The zero-order chi connectivity index (χ0) is 23.6. The summed E-state index contributed by atoms with van der Waals surface area (Å²) in [5, 5.41) is 11.5. The first-order chi connectivity index (χ1) is 15.9. The van der Waals surface area contributed by atoms with E-state index >= 15 is 0 Å². The Hall–Kier alpha value is -3.06. The van der Waals surface area contributed by atoms with Gasteiger partial charge >= 0.3 is 0 Å². The fourth-order valence-electron chi connectivity index (χ4n) is 3.15. The molecular weight excluding hydrogens is 440 g/mol. The number of ether oxygens (including phenoxy) is 2. The number of nitrogens with zero attached hydrogens (tertiary/aromatic N) is 1. The number of hydrazine groups is 1. The van der Waals surface area contributed by atoms with E-state index in [0.717, 1.165) is 16.9 Å². The Morgan fingerprint density at radius 1 is 1.03 bits per heavy atom. The summed E-state index contributed by atoms with van der Waals surface area (Å²) in [7, 11) is 0. The van der Waals surface area contributed by atoms with E-state index in [9.17, 15) is 9.90 Å². The Balaban J connectivity index is 1.58. The third-order valence-electron chi connectivity index (χ3n) is 4.73. The van der Waals surface area contributed by atoms with Crippen LogP contribution in [0.2, 0.25) is 5.02 Å². The molecule has 0 fully saturated rings. The van der Waals surface area contributed by atoms with Gasteiger partial charge in [-0.05, 0) is 55.3 Å². The van der Waals surface area contributed by atoms with E-state index in [0.29, 0.717) is 29.5 Å². The number of benzene rings is 3. The molecule has 0 aliphatic carbocycles. The number of amides is 1. The Morgan fingerprint density at radius 3 is 2.39 bits per heavy atom. The van der Waals surface area contributed by atoms with Crippen molar-refractivity contribution in [3.05, 3.63) is 94.5 Å². The average Bonchev–Trinajstić information content (AvgIpc) is 2.80. The van der Waals surface area contributed by atoms with Crippen LogP contribution in [0.15, 0.2) is 72.8 Å². The highest BCUT2D eigenvalue weighted by atomic mass is 35.5. The van der Waals surface area contributed by atoms with Crippen LogP contribution in [0.5, 0.6) is 11.5 Å². The monoisotopic (exact) mass is 468 g/mol. The van der Waals surface area contributed by atoms with Gasteiger partial charge in [0, 0.05) is 18.7 Å². The molecule has 3 aromatic rings. The molecule has 174 valence electrons. The van der Waals surface area contributed by atoms with Gasteiger partial charge in [0.2, 0.25) is 0 Å². The second kappa shape index (κ2) is 12.3. The molecule has 33 heavy (non-hydrogen) atoms. The van der Waals surface area contributed by atoms with Crippen LogP contribution < -0.4 is 14.9 Å². The lowest BCUT2D eigenvalue weighted by Crippen LogP contribution is -2.43. The summed E-state index contributed by atoms with van der Waals surface area (Å²) in [5.74, 6) is 0.980. The van der Waals surface area contributed by atoms with Crippen molar-refractivity contribution >= 4 is 17.5 Å². The second-order valence-electron chi connectivity index (χ2n) is 7.82. The van der Waals surface area contributed by atoms with Gasteiger partial charge in [0.15, 0.2) is 0 Å². The predicted molar refractivity (Wildman–Crippen MR) is 129 cm³/mol. The van der Waals surface area contributed by atoms with Crippen LogP contribution in [0.4, 0.5) is 0 Å². The van der Waals surface area contributed by atoms with E-state index in [-0.39, 0.29) is 25.2 Å². The number of carbonyl (C=O) groups is 1. The van der Waals surface area contributed by atoms with E-state index in [4.69, 9.17) is 21.1 Å². The first kappa shape index (κ1) is 24.6. The molecule has 0 spiro atoms. The summed E-state index contributed by atoms with van der Waals surface area (Å²) in [5.41, 5.74) is 5.31. The van der Waals surface area contributed by atoms with Crippen molar-refractivity contribution < 1.29 is 19.4 Å². The summed E-state index contributed by atoms with van der Waals surface area (Å²) in [6, 6.07) is 22.5. The molecule has 0 aromatic heterocycles. The van der Waals surface area contributed by atoms with Gasteiger partial charge in [-0.2, -0.15) is 0 Å². The second-order valence-corrected chi connectivity index (χ2v) is 8.22. The van der Waals surface area contributed by atoms with Crippen molar-refractivity contribution in [2.45, 2.75) is 33.1 Å². The smallest absolute Gasteiger partial charge is 0.265 e. The first-order valence-corrected chi connectivity index (χ1v) is 11.2. The molecule has 1 amide bonds. The molecule has 0 unspecified atom stereocenters. The van der Waals surface area contributed by atoms with Gasteiger partial charge in [-0.1, -0.05) is 54.1 Å². The van der Waals surface area contributed by atoms with Gasteiger partial charge < -0.3 is 14.6 Å². The zero-order valence-electron chi connectivity index (χ0n) is 18.8. The lowest BCUT2D eigenvalue weighted by molar-refractivity contribution is 0.0732. The van der Waals surface area contributed by atoms with Crippen molar-refractivity contribution in [1.29, 1.82) is 0 Å². The summed E-state index contributed by atoms with van der Waals surface area (Å²) >= 11 is 6.25. The van der Waals surface area contributed by atoms with E-state index < -0.39 is 0 Å². The van der Waals surface area contributed by atoms with E-state index in [1.807, 2.05) is 68.4 Å². The highest BCUT2D eigenvalue weighted by Gasteiger charge is 2.14. The molecular formula is C26H29ClN2O4. The highest BCUT2D eigenvalue weighted by molar-refractivity contribution is 6.32. The van der Waals surface area contributed by atoms with Gasteiger partial charge in [0.25, 0.3) is 5.91 Å². The van der Waals surface area contributed by atoms with Crippen LogP contribution >= 0.6 is 11.6 Å². The largest absolute Gasteiger partial charge is 0.489 e. The van der Waals surface area contributed by atoms with E-state index in [2.05, 4.69) is 5.43 Å². The minimum atomic E-state index is -0.315. The Bertz CT molecular complexity index is 1030. The maximum atomic E-state index is 12.7. The van der Waals surface area contributed by atoms with E-state index in [1.54, 1.807) is 23.2 Å². The maximum Gasteiger partial charge on any atom is 0.265 e. The van der Waals surface area contributed by atoms with Crippen LogP contribution in [0.3, 0.4) is 0 Å². The molecule has 3 rings (SSSR count). The molecule has 0 heterocycles. The fourth-order valence-corrected chi connectivity index (χ4v) is 3.37. The molecule has 0 saturated heterocycles. The van der Waals surface area contributed by atoms with Crippen LogP contribution in [-0.2, 0) is 13.2 Å². The number of aliphatic hydroxyl groups excluding tert-OH is 1. The summed E-state index contributed by atoms with van der Waals surface area (Å²) in [4.78, 5) is 12.7. The van der Waals surface area contributed by atoms with Crippen LogP contribution in [0.25, 0.3) is 0 Å². The summed E-state index contributed by atoms with van der Waals surface area (Å²) < 4.78 is 11.4. The number of aliphatic hydroxyl groups is 1. The highest BCUT2D eigenvalue weighted by Crippen LogP contribution is 2.26. The molecule has 2 N–H and O–H groups in total. The van der Waals surface area contributed by atoms with Gasteiger partial charge in [0.1, 0.15) is 18.1 Å². The van der Waals surface area contributed by atoms with Crippen molar-refractivity contribution in [2.24, 2.45) is 0 Å². The number of carbonyl (C=O) groups excluding carboxylic acids is 1. The van der Waals surface area contributed by atoms with E-state index in [1.165, 1.54) is 0 Å². The van der Waals surface area contributed by atoms with Gasteiger partial charge in [-0.15, -0.1) is 0 Å². The molecule has 3 aromatic carbocycles. The number of nitrogens with one attached hydrogen (secondary N) is 1. The Labute approximate surface area is 199 Å². The topological polar surface area (TPSA) is 71.0 Å². The molecule has 0 atom stereocenters. The van der Waals surface area contributed by atoms with Crippen molar-refractivity contribution in [1.82, 2.24) is 10.4 Å². The molecule has 0 radical (unpaired) electrons. The van der Waals surface area contributed by atoms with Gasteiger partial charge in [-0.25, -0.2) is 5.01 Å². The standard InChI is InChI=1S/C26H29ClN2O4/c1-19(2)33-25-13-10-22(16-24(25)27)26(31)28-29(14-15-30)17-20-8-11-23(12-9-20)32-18-21-6-4-3-5-7-21/h3-13,16,19,30H,14-15,17-18H2,1-2H3,(H,28,31). The molecule has 7 heteroatoms. The minimum Gasteiger partial charge on any atom is -0.489 e. The number of halogens is 1. The van der Waals surface area contributed by atoms with Crippen LogP contribution in [-0.4, -0.2) is 35.3 Å². The number of hydrogen-bond acceptors (Lipinski definition) is 5. The van der Waals surface area contributed by atoms with Crippen molar-refractivity contribution in [3.8, 4) is 11.5 Å². The molecule has 6 nitrogen and oxygen atoms in total. The third kappa shape index (κ3) is 7.79. The first-order valence-electron chi connectivity index (χ1n) is 10.8. The predicted octanol–water partition coefficient (Wildman–Crippen LogP) is 4.85. The Morgan fingerprint density at radius 2 is 1.76 bits per heavy atom. The summed E-state index contributed by atoms with van der Waals surface area (Å²) in [6.07, 6.45) is -0.0163. The lowest BCUT2D eigenvalue weighted by atomic mass is 10.2. The fraction of sp³-hybridized carbons (Fsp3) is 0.269. The quantitative estimate of drug-likeness (QED) is 0.394. The molecule has 0 bridgehead atoms.